The third-order valence-electron chi connectivity index (χ3n) is 3.29. The van der Waals surface area contributed by atoms with Crippen LogP contribution in [0.15, 0.2) is 40.9 Å². The van der Waals surface area contributed by atoms with Crippen molar-refractivity contribution in [1.29, 1.82) is 0 Å². The van der Waals surface area contributed by atoms with E-state index in [1.807, 2.05) is 24.3 Å². The molecule has 5 heteroatoms. The molecule has 0 saturated carbocycles. The lowest BCUT2D eigenvalue weighted by Gasteiger charge is -2.16. The van der Waals surface area contributed by atoms with Gasteiger partial charge in [0.15, 0.2) is 0 Å². The van der Waals surface area contributed by atoms with Gasteiger partial charge in [-0.15, -0.1) is 0 Å². The van der Waals surface area contributed by atoms with E-state index in [1.54, 1.807) is 13.2 Å². The standard InChI is InChI=1S/C16H16BrCl2NO/c1-10(11-4-6-16(21-2)14(17)7-11)20-9-12-3-5-13(18)8-15(12)19/h3-8,10,20H,9H2,1-2H3. The predicted molar refractivity (Wildman–Crippen MR) is 92.4 cm³/mol. The number of nitrogens with one attached hydrogen (secondary N) is 1. The molecule has 0 aliphatic rings. The van der Waals surface area contributed by atoms with Gasteiger partial charge in [0.2, 0.25) is 0 Å². The fourth-order valence-corrected chi connectivity index (χ4v) is 3.03. The quantitative estimate of drug-likeness (QED) is 0.718. The van der Waals surface area contributed by atoms with Gasteiger partial charge in [0.05, 0.1) is 11.6 Å². The summed E-state index contributed by atoms with van der Waals surface area (Å²) in [6.07, 6.45) is 0. The molecule has 0 radical (unpaired) electrons. The Balaban J connectivity index is 2.04. The van der Waals surface area contributed by atoms with Crippen LogP contribution in [0.2, 0.25) is 10.0 Å². The first-order chi connectivity index (χ1) is 10.0. The Morgan fingerprint density at radius 3 is 2.57 bits per heavy atom. The van der Waals surface area contributed by atoms with Crippen molar-refractivity contribution in [2.24, 2.45) is 0 Å². The highest BCUT2D eigenvalue weighted by Gasteiger charge is 2.09. The highest BCUT2D eigenvalue weighted by Crippen LogP contribution is 2.28. The summed E-state index contributed by atoms with van der Waals surface area (Å²) in [6.45, 7) is 2.79. The fourth-order valence-electron chi connectivity index (χ4n) is 2.00. The van der Waals surface area contributed by atoms with Gasteiger partial charge in [-0.05, 0) is 58.2 Å². The van der Waals surface area contributed by atoms with E-state index in [1.165, 1.54) is 5.56 Å². The van der Waals surface area contributed by atoms with Gasteiger partial charge in [0.25, 0.3) is 0 Å². The lowest BCUT2D eigenvalue weighted by molar-refractivity contribution is 0.411. The van der Waals surface area contributed by atoms with Gasteiger partial charge in [-0.1, -0.05) is 35.3 Å². The van der Waals surface area contributed by atoms with E-state index >= 15 is 0 Å². The number of hydrogen-bond acceptors (Lipinski definition) is 2. The van der Waals surface area contributed by atoms with Crippen molar-refractivity contribution in [2.75, 3.05) is 7.11 Å². The fraction of sp³-hybridized carbons (Fsp3) is 0.250. The summed E-state index contributed by atoms with van der Waals surface area (Å²) in [7, 11) is 1.66. The monoisotopic (exact) mass is 387 g/mol. The summed E-state index contributed by atoms with van der Waals surface area (Å²) in [5, 5.41) is 4.78. The molecule has 0 amide bonds. The molecule has 2 aromatic carbocycles. The van der Waals surface area contributed by atoms with Gasteiger partial charge < -0.3 is 10.1 Å². The summed E-state index contributed by atoms with van der Waals surface area (Å²) < 4.78 is 6.18. The van der Waals surface area contributed by atoms with Crippen LogP contribution in [0, 0.1) is 0 Å². The lowest BCUT2D eigenvalue weighted by atomic mass is 10.1. The Bertz CT molecular complexity index is 634. The molecule has 0 aliphatic heterocycles. The van der Waals surface area contributed by atoms with E-state index in [0.29, 0.717) is 16.6 Å². The Kier molecular flexibility index (Phi) is 5.94. The van der Waals surface area contributed by atoms with E-state index in [0.717, 1.165) is 15.8 Å². The zero-order valence-electron chi connectivity index (χ0n) is 11.8. The smallest absolute Gasteiger partial charge is 0.133 e. The first-order valence-corrected chi connectivity index (χ1v) is 8.07. The normalized spacial score (nSPS) is 12.2. The number of benzene rings is 2. The van der Waals surface area contributed by atoms with Crippen molar-refractivity contribution in [2.45, 2.75) is 19.5 Å². The van der Waals surface area contributed by atoms with E-state index in [2.05, 4.69) is 34.2 Å². The van der Waals surface area contributed by atoms with Gasteiger partial charge in [0.1, 0.15) is 5.75 Å². The molecule has 0 heterocycles. The summed E-state index contributed by atoms with van der Waals surface area (Å²) in [5.41, 5.74) is 2.20. The molecular formula is C16H16BrCl2NO. The van der Waals surface area contributed by atoms with Crippen molar-refractivity contribution in [3.8, 4) is 5.75 Å². The van der Waals surface area contributed by atoms with Gasteiger partial charge in [-0.25, -0.2) is 0 Å². The van der Waals surface area contributed by atoms with E-state index < -0.39 is 0 Å². The van der Waals surface area contributed by atoms with Crippen molar-refractivity contribution >= 4 is 39.1 Å². The molecule has 0 fully saturated rings. The maximum atomic E-state index is 6.18. The molecule has 1 unspecified atom stereocenters. The van der Waals surface area contributed by atoms with Gasteiger partial charge in [-0.3, -0.25) is 0 Å². The van der Waals surface area contributed by atoms with E-state index in [-0.39, 0.29) is 6.04 Å². The van der Waals surface area contributed by atoms with Crippen LogP contribution in [0.25, 0.3) is 0 Å². The molecule has 2 nitrogen and oxygen atoms in total. The summed E-state index contributed by atoms with van der Waals surface area (Å²) in [4.78, 5) is 0. The molecule has 1 N–H and O–H groups in total. The molecule has 2 aromatic rings. The third kappa shape index (κ3) is 4.36. The second kappa shape index (κ2) is 7.50. The zero-order valence-corrected chi connectivity index (χ0v) is 14.9. The van der Waals surface area contributed by atoms with Gasteiger partial charge >= 0.3 is 0 Å². The van der Waals surface area contributed by atoms with E-state index in [9.17, 15) is 0 Å². The highest BCUT2D eigenvalue weighted by atomic mass is 79.9. The van der Waals surface area contributed by atoms with Gasteiger partial charge in [-0.2, -0.15) is 0 Å². The van der Waals surface area contributed by atoms with E-state index in [4.69, 9.17) is 27.9 Å². The number of methoxy groups -OCH3 is 1. The molecule has 0 aromatic heterocycles. The summed E-state index contributed by atoms with van der Waals surface area (Å²) in [5.74, 6) is 0.826. The number of rotatable bonds is 5. The number of ether oxygens (including phenoxy) is 1. The van der Waals surface area contributed by atoms with Crippen molar-refractivity contribution in [1.82, 2.24) is 5.32 Å². The average molecular weight is 389 g/mol. The molecule has 0 aliphatic carbocycles. The third-order valence-corrected chi connectivity index (χ3v) is 4.50. The molecule has 112 valence electrons. The van der Waals surface area contributed by atoms with Crippen molar-refractivity contribution in [3.05, 3.63) is 62.0 Å². The Morgan fingerprint density at radius 1 is 1.19 bits per heavy atom. The minimum absolute atomic E-state index is 0.193. The minimum atomic E-state index is 0.193. The number of hydrogen-bond donors (Lipinski definition) is 1. The molecule has 0 saturated heterocycles. The maximum absolute atomic E-state index is 6.18. The molecule has 0 spiro atoms. The summed E-state index contributed by atoms with van der Waals surface area (Å²) >= 11 is 15.6. The second-order valence-electron chi connectivity index (χ2n) is 4.73. The van der Waals surface area contributed by atoms with Crippen LogP contribution in [-0.4, -0.2) is 7.11 Å². The van der Waals surface area contributed by atoms with Crippen molar-refractivity contribution < 1.29 is 4.74 Å². The molecular weight excluding hydrogens is 373 g/mol. The Labute approximate surface area is 143 Å². The topological polar surface area (TPSA) is 21.3 Å². The minimum Gasteiger partial charge on any atom is -0.496 e. The Morgan fingerprint density at radius 2 is 1.95 bits per heavy atom. The molecule has 1 atom stereocenters. The molecule has 0 bridgehead atoms. The Hall–Kier alpha value is -0.740. The first kappa shape index (κ1) is 16.6. The average Bonchev–Trinajstić information content (AvgIpc) is 2.46. The predicted octanol–water partition coefficient (Wildman–Crippen LogP) is 5.62. The van der Waals surface area contributed by atoms with Crippen molar-refractivity contribution in [3.63, 3.8) is 0 Å². The van der Waals surface area contributed by atoms with Gasteiger partial charge in [0, 0.05) is 22.6 Å². The van der Waals surface area contributed by atoms with Crippen LogP contribution < -0.4 is 10.1 Å². The largest absolute Gasteiger partial charge is 0.496 e. The van der Waals surface area contributed by atoms with Crippen LogP contribution in [-0.2, 0) is 6.54 Å². The number of halogens is 3. The van der Waals surface area contributed by atoms with Crippen LogP contribution in [0.4, 0.5) is 0 Å². The van der Waals surface area contributed by atoms with Crippen LogP contribution >= 0.6 is 39.1 Å². The lowest BCUT2D eigenvalue weighted by Crippen LogP contribution is -2.18. The molecule has 2 rings (SSSR count). The van der Waals surface area contributed by atoms with Crippen LogP contribution in [0.3, 0.4) is 0 Å². The van der Waals surface area contributed by atoms with Crippen LogP contribution in [0.1, 0.15) is 24.1 Å². The highest BCUT2D eigenvalue weighted by molar-refractivity contribution is 9.10. The van der Waals surface area contributed by atoms with Crippen LogP contribution in [0.5, 0.6) is 5.75 Å². The first-order valence-electron chi connectivity index (χ1n) is 6.52. The zero-order chi connectivity index (χ0) is 15.4. The second-order valence-corrected chi connectivity index (χ2v) is 6.43. The SMILES string of the molecule is COc1ccc(C(C)NCc2ccc(Cl)cc2Cl)cc1Br. The molecule has 21 heavy (non-hydrogen) atoms. The summed E-state index contributed by atoms with van der Waals surface area (Å²) in [6, 6.07) is 11.8. The maximum Gasteiger partial charge on any atom is 0.133 e.